The molecule has 2 N–H and O–H groups in total. The predicted molar refractivity (Wildman–Crippen MR) is 102 cm³/mol. The molecule has 6 heteroatoms. The summed E-state index contributed by atoms with van der Waals surface area (Å²) in [6.07, 6.45) is 0.874. The van der Waals surface area contributed by atoms with Crippen LogP contribution in [0.3, 0.4) is 0 Å². The Morgan fingerprint density at radius 3 is 2.92 bits per heavy atom. The molecule has 2 aromatic heterocycles. The number of furan rings is 1. The van der Waals surface area contributed by atoms with Crippen LogP contribution in [-0.4, -0.2) is 23.3 Å². The molecule has 1 atom stereocenters. The molecule has 0 aliphatic heterocycles. The maximum atomic E-state index is 12.4. The first-order valence-electron chi connectivity index (χ1n) is 7.99. The van der Waals surface area contributed by atoms with Crippen LogP contribution in [0.5, 0.6) is 0 Å². The summed E-state index contributed by atoms with van der Waals surface area (Å²) in [7, 11) is 0. The van der Waals surface area contributed by atoms with Crippen molar-refractivity contribution >= 4 is 29.0 Å². The predicted octanol–water partition coefficient (Wildman–Crippen LogP) is 4.58. The van der Waals surface area contributed by atoms with E-state index >= 15 is 0 Å². The Bertz CT molecular complexity index is 827. The fraction of sp³-hybridized carbons (Fsp3) is 0.211. The lowest BCUT2D eigenvalue weighted by atomic mass is 10.2. The summed E-state index contributed by atoms with van der Waals surface area (Å²) in [5, 5.41) is 15.1. The molecule has 1 aromatic carbocycles. The second-order valence-electron chi connectivity index (χ2n) is 5.37. The van der Waals surface area contributed by atoms with Crippen LogP contribution in [0.15, 0.2) is 63.4 Å². The first-order chi connectivity index (χ1) is 12.2. The first kappa shape index (κ1) is 17.8. The molecule has 1 amide bonds. The second kappa shape index (κ2) is 8.38. The number of carbonyl (C=O) groups is 1. The van der Waals surface area contributed by atoms with E-state index in [1.165, 1.54) is 11.3 Å². The van der Waals surface area contributed by atoms with Crippen molar-refractivity contribution in [1.82, 2.24) is 5.32 Å². The van der Waals surface area contributed by atoms with E-state index < -0.39 is 6.10 Å². The average Bonchev–Trinajstić information content (AvgIpc) is 3.31. The third-order valence-corrected chi connectivity index (χ3v) is 5.63. The summed E-state index contributed by atoms with van der Waals surface area (Å²) >= 11 is 3.08. The van der Waals surface area contributed by atoms with E-state index in [9.17, 15) is 9.90 Å². The van der Waals surface area contributed by atoms with Gasteiger partial charge >= 0.3 is 0 Å². The number of benzene rings is 1. The minimum atomic E-state index is -0.747. The maximum Gasteiger partial charge on any atom is 0.252 e. The molecule has 0 saturated carbocycles. The standard InChI is InChI=1S/C19H19NO3S2/c1-2-24-17-8-4-3-6-14(17)19(22)20-11-15(21)18-10-13(12-25-18)16-7-5-9-23-16/h3-10,12,15,21H,2,11H2,1H3,(H,20,22). The fourth-order valence-electron chi connectivity index (χ4n) is 2.42. The van der Waals surface area contributed by atoms with Crippen LogP contribution in [0.25, 0.3) is 11.3 Å². The Kier molecular flexibility index (Phi) is 5.96. The van der Waals surface area contributed by atoms with Gasteiger partial charge in [0.1, 0.15) is 11.9 Å². The van der Waals surface area contributed by atoms with E-state index in [-0.39, 0.29) is 12.5 Å². The van der Waals surface area contributed by atoms with Crippen LogP contribution in [0.4, 0.5) is 0 Å². The largest absolute Gasteiger partial charge is 0.464 e. The second-order valence-corrected chi connectivity index (χ2v) is 7.62. The number of thioether (sulfide) groups is 1. The van der Waals surface area contributed by atoms with E-state index in [0.717, 1.165) is 26.8 Å². The third kappa shape index (κ3) is 4.34. The van der Waals surface area contributed by atoms with Crippen molar-refractivity contribution in [1.29, 1.82) is 0 Å². The highest BCUT2D eigenvalue weighted by atomic mass is 32.2. The fourth-order valence-corrected chi connectivity index (χ4v) is 4.11. The van der Waals surface area contributed by atoms with E-state index in [2.05, 4.69) is 12.2 Å². The molecule has 0 bridgehead atoms. The average molecular weight is 373 g/mol. The summed E-state index contributed by atoms with van der Waals surface area (Å²) < 4.78 is 5.36. The molecule has 3 aromatic rings. The van der Waals surface area contributed by atoms with Gasteiger partial charge in [0, 0.05) is 27.3 Å². The molecule has 0 aliphatic rings. The minimum absolute atomic E-state index is 0.168. The summed E-state index contributed by atoms with van der Waals surface area (Å²) in [5.74, 6) is 1.50. The lowest BCUT2D eigenvalue weighted by molar-refractivity contribution is 0.0915. The van der Waals surface area contributed by atoms with Crippen LogP contribution in [-0.2, 0) is 0 Å². The van der Waals surface area contributed by atoms with Gasteiger partial charge in [-0.2, -0.15) is 0 Å². The number of hydrogen-bond acceptors (Lipinski definition) is 5. The van der Waals surface area contributed by atoms with Gasteiger partial charge in [-0.25, -0.2) is 0 Å². The van der Waals surface area contributed by atoms with Crippen molar-refractivity contribution in [3.05, 3.63) is 64.5 Å². The molecule has 0 fully saturated rings. The Hall–Kier alpha value is -2.02. The molecule has 3 rings (SSSR count). The quantitative estimate of drug-likeness (QED) is 0.595. The lowest BCUT2D eigenvalue weighted by Crippen LogP contribution is -2.28. The molecular weight excluding hydrogens is 354 g/mol. The van der Waals surface area contributed by atoms with Crippen molar-refractivity contribution in [2.75, 3.05) is 12.3 Å². The van der Waals surface area contributed by atoms with Gasteiger partial charge in [-0.3, -0.25) is 4.79 Å². The molecule has 1 unspecified atom stereocenters. The van der Waals surface area contributed by atoms with Crippen molar-refractivity contribution < 1.29 is 14.3 Å². The van der Waals surface area contributed by atoms with Crippen molar-refractivity contribution in [2.45, 2.75) is 17.9 Å². The molecule has 0 spiro atoms. The summed E-state index contributed by atoms with van der Waals surface area (Å²) in [6.45, 7) is 2.22. The Balaban J connectivity index is 1.62. The number of carbonyl (C=O) groups excluding carboxylic acids is 1. The highest BCUT2D eigenvalue weighted by Crippen LogP contribution is 2.29. The van der Waals surface area contributed by atoms with Crippen LogP contribution in [0, 0.1) is 0 Å². The third-order valence-electron chi connectivity index (χ3n) is 3.64. The van der Waals surface area contributed by atoms with Crippen LogP contribution in [0.2, 0.25) is 0 Å². The van der Waals surface area contributed by atoms with E-state index in [1.807, 2.05) is 41.8 Å². The monoisotopic (exact) mass is 373 g/mol. The normalized spacial score (nSPS) is 12.1. The van der Waals surface area contributed by atoms with Gasteiger partial charge < -0.3 is 14.8 Å². The molecule has 25 heavy (non-hydrogen) atoms. The topological polar surface area (TPSA) is 62.5 Å². The van der Waals surface area contributed by atoms with Gasteiger partial charge in [0.25, 0.3) is 5.91 Å². The molecule has 2 heterocycles. The first-order valence-corrected chi connectivity index (χ1v) is 9.86. The number of aliphatic hydroxyl groups excluding tert-OH is 1. The molecule has 0 aliphatic carbocycles. The maximum absolute atomic E-state index is 12.4. The smallest absolute Gasteiger partial charge is 0.252 e. The van der Waals surface area contributed by atoms with E-state index in [0.29, 0.717) is 5.56 Å². The number of hydrogen-bond donors (Lipinski definition) is 2. The molecule has 130 valence electrons. The highest BCUT2D eigenvalue weighted by Gasteiger charge is 2.16. The Morgan fingerprint density at radius 2 is 2.16 bits per heavy atom. The van der Waals surface area contributed by atoms with Crippen LogP contribution >= 0.6 is 23.1 Å². The van der Waals surface area contributed by atoms with E-state index in [4.69, 9.17) is 4.42 Å². The summed E-state index contributed by atoms with van der Waals surface area (Å²) in [6, 6.07) is 13.1. The number of thiophene rings is 1. The van der Waals surface area contributed by atoms with Crippen LogP contribution in [0.1, 0.15) is 28.3 Å². The van der Waals surface area contributed by atoms with Crippen molar-refractivity contribution in [3.63, 3.8) is 0 Å². The van der Waals surface area contributed by atoms with Gasteiger partial charge in [0.2, 0.25) is 0 Å². The number of amides is 1. The van der Waals surface area contributed by atoms with Gasteiger partial charge in [-0.05, 0) is 36.1 Å². The van der Waals surface area contributed by atoms with Gasteiger partial charge in [0.15, 0.2) is 0 Å². The van der Waals surface area contributed by atoms with Gasteiger partial charge in [-0.15, -0.1) is 23.1 Å². The van der Waals surface area contributed by atoms with E-state index in [1.54, 1.807) is 24.1 Å². The highest BCUT2D eigenvalue weighted by molar-refractivity contribution is 7.99. The Morgan fingerprint density at radius 1 is 1.32 bits per heavy atom. The zero-order valence-electron chi connectivity index (χ0n) is 13.8. The molecule has 0 saturated heterocycles. The zero-order chi connectivity index (χ0) is 17.6. The Labute approximate surface area is 154 Å². The number of rotatable bonds is 7. The lowest BCUT2D eigenvalue weighted by Gasteiger charge is -2.12. The summed E-state index contributed by atoms with van der Waals surface area (Å²) in [5.41, 5.74) is 1.57. The van der Waals surface area contributed by atoms with Gasteiger partial charge in [-0.1, -0.05) is 19.1 Å². The SMILES string of the molecule is CCSc1ccccc1C(=O)NCC(O)c1cc(-c2ccco2)cs1. The van der Waals surface area contributed by atoms with Gasteiger partial charge in [0.05, 0.1) is 11.8 Å². The number of aliphatic hydroxyl groups is 1. The minimum Gasteiger partial charge on any atom is -0.464 e. The molecular formula is C19H19NO3S2. The molecule has 4 nitrogen and oxygen atoms in total. The van der Waals surface area contributed by atoms with Crippen molar-refractivity contribution in [3.8, 4) is 11.3 Å². The zero-order valence-corrected chi connectivity index (χ0v) is 15.4. The summed E-state index contributed by atoms with van der Waals surface area (Å²) in [4.78, 5) is 14.2. The number of nitrogens with one attached hydrogen (secondary N) is 1. The van der Waals surface area contributed by atoms with Crippen molar-refractivity contribution in [2.24, 2.45) is 0 Å². The molecule has 0 radical (unpaired) electrons. The van der Waals surface area contributed by atoms with Crippen LogP contribution < -0.4 is 5.32 Å².